The number of aliphatic hydroxyl groups is 1. The van der Waals surface area contributed by atoms with Crippen molar-refractivity contribution >= 4 is 17.8 Å². The molecule has 1 saturated heterocycles. The molecule has 1 amide bonds. The summed E-state index contributed by atoms with van der Waals surface area (Å²) in [6.07, 6.45) is 5.92. The Kier molecular flexibility index (Phi) is 8.17. The van der Waals surface area contributed by atoms with Gasteiger partial charge in [0.2, 0.25) is 5.91 Å². The number of aliphatic hydroxyl groups excluding tert-OH is 1. The first-order valence-electron chi connectivity index (χ1n) is 14.8. The molecule has 2 N–H and O–H groups in total. The Morgan fingerprint density at radius 1 is 1.13 bits per heavy atom. The molecule has 0 spiro atoms. The van der Waals surface area contributed by atoms with Crippen LogP contribution in [0.3, 0.4) is 0 Å². The highest BCUT2D eigenvalue weighted by Crippen LogP contribution is 2.73. The van der Waals surface area contributed by atoms with Crippen LogP contribution in [0.15, 0.2) is 22.8 Å². The number of carbonyl (C=O) groups is 3. The van der Waals surface area contributed by atoms with Crippen LogP contribution in [0.4, 0.5) is 0 Å². The number of fused-ring (bicyclic) bond motifs is 5. The lowest BCUT2D eigenvalue weighted by Gasteiger charge is -2.67. The number of nitrogens with one attached hydrogen (secondary N) is 1. The third-order valence-electron chi connectivity index (χ3n) is 11.5. The van der Waals surface area contributed by atoms with Gasteiger partial charge in [-0.25, -0.2) is 4.79 Å². The summed E-state index contributed by atoms with van der Waals surface area (Å²) in [5.41, 5.74) is 1.83. The second-order valence-corrected chi connectivity index (χ2v) is 13.7. The number of carbonyl (C=O) groups excluding carboxylic acids is 3. The summed E-state index contributed by atoms with van der Waals surface area (Å²) in [6.45, 7) is 15.0. The Labute approximate surface area is 234 Å². The van der Waals surface area contributed by atoms with Gasteiger partial charge in [0.15, 0.2) is 0 Å². The molecule has 4 aliphatic rings. The van der Waals surface area contributed by atoms with E-state index in [-0.39, 0.29) is 57.8 Å². The van der Waals surface area contributed by atoms with Crippen molar-refractivity contribution < 1.29 is 29.0 Å². The smallest absolute Gasteiger partial charge is 0.333 e. The quantitative estimate of drug-likeness (QED) is 0.284. The van der Waals surface area contributed by atoms with Gasteiger partial charge in [0.05, 0.1) is 13.2 Å². The van der Waals surface area contributed by atoms with Crippen LogP contribution in [-0.2, 0) is 23.9 Å². The number of hydrogen-bond acceptors (Lipinski definition) is 6. The average molecular weight is 544 g/mol. The summed E-state index contributed by atoms with van der Waals surface area (Å²) in [5, 5.41) is 15.1. The van der Waals surface area contributed by atoms with Crippen LogP contribution in [0.25, 0.3) is 0 Å². The van der Waals surface area contributed by atoms with Crippen LogP contribution in [0.2, 0.25) is 0 Å². The van der Waals surface area contributed by atoms with Gasteiger partial charge in [-0.2, -0.15) is 0 Å². The number of ether oxygens (including phenoxy) is 2. The highest BCUT2D eigenvalue weighted by Gasteiger charge is 2.70. The van der Waals surface area contributed by atoms with Gasteiger partial charge in [-0.05, 0) is 98.4 Å². The zero-order chi connectivity index (χ0) is 28.9. The van der Waals surface area contributed by atoms with Gasteiger partial charge in [0, 0.05) is 25.0 Å². The predicted octanol–water partition coefficient (Wildman–Crippen LogP) is 5.12. The molecule has 1 heterocycles. The van der Waals surface area contributed by atoms with E-state index in [0.29, 0.717) is 37.8 Å². The standard InChI is InChI=1S/C32H49NO6/c1-18(2)10-9-11-21(29(37)38-8)26-23-16-24(35)27-30(5)14-15-33-28(36)19(3)22(30)12-13-31(27,6)32(23,7)17-25(26)39-20(4)34/h10,19,22-25,27,35H,9,11-17H2,1-8H3,(H,33,36)/b26-21-/t19-,22-,23-,24+,25-,27-,30-,31-,32-/m0/s1. The molecule has 0 aromatic heterocycles. The normalized spacial score (nSPS) is 42.6. The summed E-state index contributed by atoms with van der Waals surface area (Å²) in [4.78, 5) is 38.3. The first-order chi connectivity index (χ1) is 18.2. The number of hydrogen-bond donors (Lipinski definition) is 2. The van der Waals surface area contributed by atoms with Crippen molar-refractivity contribution in [2.75, 3.05) is 13.7 Å². The van der Waals surface area contributed by atoms with Crippen molar-refractivity contribution in [2.24, 2.45) is 39.9 Å². The number of amides is 1. The predicted molar refractivity (Wildman–Crippen MR) is 149 cm³/mol. The van der Waals surface area contributed by atoms with Crippen molar-refractivity contribution in [3.8, 4) is 0 Å². The maximum atomic E-state index is 13.2. The van der Waals surface area contributed by atoms with Crippen LogP contribution in [-0.4, -0.2) is 48.8 Å². The Hall–Kier alpha value is -2.15. The molecule has 4 fully saturated rings. The lowest BCUT2D eigenvalue weighted by atomic mass is 9.37. The molecule has 3 aliphatic carbocycles. The molecule has 218 valence electrons. The molecule has 39 heavy (non-hydrogen) atoms. The topological polar surface area (TPSA) is 102 Å². The molecule has 9 atom stereocenters. The molecule has 0 radical (unpaired) electrons. The van der Waals surface area contributed by atoms with Crippen LogP contribution in [0.1, 0.15) is 93.4 Å². The largest absolute Gasteiger partial charge is 0.466 e. The summed E-state index contributed by atoms with van der Waals surface area (Å²) >= 11 is 0. The molecule has 0 aromatic carbocycles. The van der Waals surface area contributed by atoms with Gasteiger partial charge in [-0.1, -0.05) is 39.3 Å². The zero-order valence-electron chi connectivity index (χ0n) is 25.2. The van der Waals surface area contributed by atoms with Crippen LogP contribution in [0.5, 0.6) is 0 Å². The van der Waals surface area contributed by atoms with Gasteiger partial charge in [0.1, 0.15) is 6.10 Å². The van der Waals surface area contributed by atoms with E-state index in [9.17, 15) is 19.5 Å². The lowest BCUT2D eigenvalue weighted by molar-refractivity contribution is -0.216. The van der Waals surface area contributed by atoms with Crippen LogP contribution in [0, 0.1) is 39.9 Å². The summed E-state index contributed by atoms with van der Waals surface area (Å²) in [6, 6.07) is 0. The second kappa shape index (κ2) is 10.7. The van der Waals surface area contributed by atoms with Gasteiger partial charge >= 0.3 is 11.9 Å². The molecule has 3 saturated carbocycles. The number of allylic oxidation sites excluding steroid dienone is 2. The monoisotopic (exact) mass is 543 g/mol. The van der Waals surface area contributed by atoms with E-state index in [0.717, 1.165) is 24.8 Å². The van der Waals surface area contributed by atoms with Crippen molar-refractivity contribution in [1.82, 2.24) is 5.32 Å². The number of rotatable bonds is 5. The molecule has 7 heteroatoms. The lowest BCUT2D eigenvalue weighted by Crippen LogP contribution is -2.64. The fourth-order valence-electron chi connectivity index (χ4n) is 9.67. The molecule has 7 nitrogen and oxygen atoms in total. The van der Waals surface area contributed by atoms with E-state index in [1.54, 1.807) is 0 Å². The SMILES string of the molecule is COC(=O)/C(CCC=C(C)C)=C1\[C@@H](OC(C)=O)C[C@@]2(C)[C@H]1C[C@@H](O)[C@H]1[C@@]3(C)CCNC(=O)[C@@H](C)[C@@H]3CC[C@@]12C. The Bertz CT molecular complexity index is 1070. The van der Waals surface area contributed by atoms with E-state index in [1.807, 2.05) is 20.8 Å². The molecular formula is C32H49NO6. The zero-order valence-corrected chi connectivity index (χ0v) is 25.2. The number of esters is 2. The minimum atomic E-state index is -0.593. The van der Waals surface area contributed by atoms with E-state index >= 15 is 0 Å². The van der Waals surface area contributed by atoms with Crippen molar-refractivity contribution in [2.45, 2.75) is 106 Å². The maximum absolute atomic E-state index is 13.2. The van der Waals surface area contributed by atoms with Gasteiger partial charge < -0.3 is 19.9 Å². The summed E-state index contributed by atoms with van der Waals surface area (Å²) < 4.78 is 11.2. The first-order valence-corrected chi connectivity index (χ1v) is 14.8. The summed E-state index contributed by atoms with van der Waals surface area (Å²) in [7, 11) is 1.40. The molecule has 0 unspecified atom stereocenters. The minimum absolute atomic E-state index is 0.00951. The molecule has 4 rings (SSSR count). The van der Waals surface area contributed by atoms with E-state index in [2.05, 4.69) is 32.2 Å². The van der Waals surface area contributed by atoms with Crippen molar-refractivity contribution in [3.63, 3.8) is 0 Å². The molecule has 0 aromatic rings. The number of methoxy groups -OCH3 is 1. The molecule has 1 aliphatic heterocycles. The first kappa shape index (κ1) is 29.8. The highest BCUT2D eigenvalue weighted by molar-refractivity contribution is 5.90. The summed E-state index contributed by atoms with van der Waals surface area (Å²) in [5.74, 6) is -0.660. The molecular weight excluding hydrogens is 494 g/mol. The fraction of sp³-hybridized carbons (Fsp3) is 0.781. The Morgan fingerprint density at radius 2 is 1.82 bits per heavy atom. The van der Waals surface area contributed by atoms with Crippen molar-refractivity contribution in [1.29, 1.82) is 0 Å². The Morgan fingerprint density at radius 3 is 2.44 bits per heavy atom. The van der Waals surface area contributed by atoms with E-state index in [4.69, 9.17) is 9.47 Å². The highest BCUT2D eigenvalue weighted by atomic mass is 16.5. The van der Waals surface area contributed by atoms with E-state index in [1.165, 1.54) is 19.6 Å². The third kappa shape index (κ3) is 4.76. The van der Waals surface area contributed by atoms with E-state index < -0.39 is 12.2 Å². The van der Waals surface area contributed by atoms with Crippen molar-refractivity contribution in [3.05, 3.63) is 22.8 Å². The van der Waals surface area contributed by atoms with Gasteiger partial charge in [-0.3, -0.25) is 9.59 Å². The second-order valence-electron chi connectivity index (χ2n) is 13.7. The van der Waals surface area contributed by atoms with Crippen LogP contribution >= 0.6 is 0 Å². The van der Waals surface area contributed by atoms with Gasteiger partial charge in [-0.15, -0.1) is 0 Å². The molecule has 0 bridgehead atoms. The minimum Gasteiger partial charge on any atom is -0.466 e. The van der Waals surface area contributed by atoms with Gasteiger partial charge in [0.25, 0.3) is 0 Å². The fourth-order valence-corrected chi connectivity index (χ4v) is 9.67. The third-order valence-corrected chi connectivity index (χ3v) is 11.5. The maximum Gasteiger partial charge on any atom is 0.333 e. The Balaban J connectivity index is 1.85. The average Bonchev–Trinajstić information content (AvgIpc) is 3.05. The van der Waals surface area contributed by atoms with Crippen LogP contribution < -0.4 is 5.32 Å².